The number of hydrogen-bond donors (Lipinski definition) is 5. The first-order valence-electron chi connectivity index (χ1n) is 12.0. The second-order valence-corrected chi connectivity index (χ2v) is 10.3. The molecule has 5 N–H and O–H groups in total. The lowest BCUT2D eigenvalue weighted by atomic mass is 9.79. The molecule has 1 aromatic heterocycles. The van der Waals surface area contributed by atoms with E-state index in [1.165, 1.54) is 20.8 Å². The molecule has 0 amide bonds. The molecule has 0 aromatic carbocycles. The van der Waals surface area contributed by atoms with Crippen molar-refractivity contribution in [2.24, 2.45) is 5.41 Å². The van der Waals surface area contributed by atoms with E-state index in [0.29, 0.717) is 15.6 Å². The lowest BCUT2D eigenvalue weighted by molar-refractivity contribution is -0.181. The van der Waals surface area contributed by atoms with Gasteiger partial charge in [-0.3, -0.25) is 4.98 Å². The standard InChI is InChI=1S/C23H39N3O11/c1-7-23(6,8-2)9-13(27)10-25-19(33)24-20(34)26(21(25)35)11-14(28)12-36-17(31)15(29)16(30)18(32)37-22(3,4)5/h13-16,27-30H,7-12H2,1-6H3,(H,24,33,34). The number of aliphatic hydroxyl groups excluding tert-OH is 4. The number of aromatic nitrogens is 3. The predicted molar refractivity (Wildman–Crippen MR) is 130 cm³/mol. The van der Waals surface area contributed by atoms with Crippen LogP contribution in [0.4, 0.5) is 0 Å². The third-order valence-electron chi connectivity index (χ3n) is 5.99. The van der Waals surface area contributed by atoms with Crippen LogP contribution in [0.2, 0.25) is 0 Å². The Morgan fingerprint density at radius 2 is 1.30 bits per heavy atom. The van der Waals surface area contributed by atoms with Crippen molar-refractivity contribution in [1.29, 1.82) is 0 Å². The Bertz CT molecular complexity index is 1090. The number of carbonyl (C=O) groups excluding carboxylic acids is 2. The lowest BCUT2D eigenvalue weighted by Gasteiger charge is -2.29. The molecule has 1 rings (SSSR count). The molecule has 0 saturated heterocycles. The van der Waals surface area contributed by atoms with Gasteiger partial charge in [-0.2, -0.15) is 0 Å². The van der Waals surface area contributed by atoms with Gasteiger partial charge in [0.1, 0.15) is 18.3 Å². The summed E-state index contributed by atoms with van der Waals surface area (Å²) >= 11 is 0. The van der Waals surface area contributed by atoms with Gasteiger partial charge in [0.25, 0.3) is 0 Å². The van der Waals surface area contributed by atoms with Crippen LogP contribution < -0.4 is 17.1 Å². The maximum atomic E-state index is 12.8. The van der Waals surface area contributed by atoms with Gasteiger partial charge in [-0.15, -0.1) is 0 Å². The Morgan fingerprint density at radius 1 is 0.838 bits per heavy atom. The van der Waals surface area contributed by atoms with Gasteiger partial charge in [-0.25, -0.2) is 33.1 Å². The molecule has 14 heteroatoms. The molecule has 0 saturated carbocycles. The number of aliphatic hydroxyl groups is 4. The maximum Gasteiger partial charge on any atom is 0.338 e. The summed E-state index contributed by atoms with van der Waals surface area (Å²) in [6, 6.07) is 0. The molecule has 1 aromatic rings. The Labute approximate surface area is 213 Å². The molecular formula is C23H39N3O11. The van der Waals surface area contributed by atoms with Crippen LogP contribution in [-0.2, 0) is 32.2 Å². The molecule has 1 heterocycles. The summed E-state index contributed by atoms with van der Waals surface area (Å²) in [6.45, 7) is 8.51. The minimum atomic E-state index is -2.31. The number of nitrogens with one attached hydrogen (secondary N) is 1. The highest BCUT2D eigenvalue weighted by Gasteiger charge is 2.35. The molecule has 37 heavy (non-hydrogen) atoms. The van der Waals surface area contributed by atoms with Crippen LogP contribution >= 0.6 is 0 Å². The second-order valence-electron chi connectivity index (χ2n) is 10.3. The van der Waals surface area contributed by atoms with Gasteiger partial charge >= 0.3 is 29.0 Å². The molecule has 0 fully saturated rings. The van der Waals surface area contributed by atoms with Crippen LogP contribution in [0.15, 0.2) is 14.4 Å². The molecule has 0 aliphatic carbocycles. The number of ether oxygens (including phenoxy) is 2. The van der Waals surface area contributed by atoms with Crippen LogP contribution in [0, 0.1) is 5.41 Å². The van der Waals surface area contributed by atoms with E-state index in [-0.39, 0.29) is 12.0 Å². The first-order chi connectivity index (χ1) is 16.9. The highest BCUT2D eigenvalue weighted by Crippen LogP contribution is 2.31. The molecule has 0 aliphatic heterocycles. The first-order valence-corrected chi connectivity index (χ1v) is 12.0. The van der Waals surface area contributed by atoms with Gasteiger partial charge < -0.3 is 29.9 Å². The molecule has 0 aliphatic rings. The topological polar surface area (TPSA) is 210 Å². The number of nitrogens with zero attached hydrogens (tertiary/aromatic N) is 2. The minimum Gasteiger partial charge on any atom is -0.461 e. The van der Waals surface area contributed by atoms with Crippen LogP contribution in [0.1, 0.15) is 60.8 Å². The van der Waals surface area contributed by atoms with Crippen LogP contribution in [-0.4, -0.2) is 83.1 Å². The second kappa shape index (κ2) is 13.1. The molecule has 0 spiro atoms. The zero-order chi connectivity index (χ0) is 28.7. The summed E-state index contributed by atoms with van der Waals surface area (Å²) in [5.41, 5.74) is -4.45. The normalized spacial score (nSPS) is 15.5. The molecule has 212 valence electrons. The van der Waals surface area contributed by atoms with E-state index >= 15 is 0 Å². The third kappa shape index (κ3) is 9.54. The SMILES string of the molecule is CCC(C)(CC)CC(O)Cn1c(=O)[nH]c(=O)n(CC(O)COC(=O)C(O)C(O)C(=O)OC(C)(C)C)c1=O. The van der Waals surface area contributed by atoms with Gasteiger partial charge in [0.2, 0.25) is 0 Å². The van der Waals surface area contributed by atoms with Gasteiger partial charge in [0.05, 0.1) is 19.2 Å². The largest absolute Gasteiger partial charge is 0.461 e. The van der Waals surface area contributed by atoms with Gasteiger partial charge in [0, 0.05) is 0 Å². The van der Waals surface area contributed by atoms with Crippen molar-refractivity contribution in [3.05, 3.63) is 31.5 Å². The predicted octanol–water partition coefficient (Wildman–Crippen LogP) is -1.76. The van der Waals surface area contributed by atoms with E-state index in [1.807, 2.05) is 25.8 Å². The first kappa shape index (κ1) is 32.2. The molecule has 4 atom stereocenters. The zero-order valence-corrected chi connectivity index (χ0v) is 22.1. The number of hydrogen-bond acceptors (Lipinski definition) is 11. The van der Waals surface area contributed by atoms with E-state index < -0.39 is 72.2 Å². The van der Waals surface area contributed by atoms with Crippen molar-refractivity contribution in [1.82, 2.24) is 14.1 Å². The van der Waals surface area contributed by atoms with Gasteiger partial charge in [0.15, 0.2) is 12.2 Å². The number of esters is 2. The van der Waals surface area contributed by atoms with Crippen molar-refractivity contribution in [2.75, 3.05) is 6.61 Å². The van der Waals surface area contributed by atoms with Crippen LogP contribution in [0.25, 0.3) is 0 Å². The highest BCUT2D eigenvalue weighted by atomic mass is 16.6. The van der Waals surface area contributed by atoms with Gasteiger partial charge in [-0.1, -0.05) is 33.6 Å². The fraction of sp³-hybridized carbons (Fsp3) is 0.783. The summed E-state index contributed by atoms with van der Waals surface area (Å²) in [7, 11) is 0. The lowest BCUT2D eigenvalue weighted by Crippen LogP contribution is -2.52. The Hall–Kier alpha value is -2.81. The average molecular weight is 534 g/mol. The minimum absolute atomic E-state index is 0.216. The maximum absolute atomic E-state index is 12.8. The molecule has 14 nitrogen and oxygen atoms in total. The van der Waals surface area contributed by atoms with E-state index in [1.54, 1.807) is 0 Å². The van der Waals surface area contributed by atoms with Crippen molar-refractivity contribution in [3.63, 3.8) is 0 Å². The monoisotopic (exact) mass is 533 g/mol. The number of aromatic amines is 1. The highest BCUT2D eigenvalue weighted by molar-refractivity contribution is 5.85. The summed E-state index contributed by atoms with van der Waals surface area (Å²) in [5, 5.41) is 40.3. The molecule has 0 bridgehead atoms. The smallest absolute Gasteiger partial charge is 0.338 e. The molecule has 4 unspecified atom stereocenters. The molecular weight excluding hydrogens is 494 g/mol. The molecule has 0 radical (unpaired) electrons. The van der Waals surface area contributed by atoms with E-state index in [4.69, 9.17) is 4.74 Å². The number of H-pyrrole nitrogens is 1. The van der Waals surface area contributed by atoms with Crippen LogP contribution in [0.5, 0.6) is 0 Å². The Balaban J connectivity index is 2.90. The van der Waals surface area contributed by atoms with E-state index in [2.05, 4.69) is 4.74 Å². The number of carbonyl (C=O) groups is 2. The summed E-state index contributed by atoms with van der Waals surface area (Å²) in [5.74, 6) is -2.72. The van der Waals surface area contributed by atoms with Crippen molar-refractivity contribution in [3.8, 4) is 0 Å². The zero-order valence-electron chi connectivity index (χ0n) is 22.1. The van der Waals surface area contributed by atoms with Crippen LogP contribution in [0.3, 0.4) is 0 Å². The quantitative estimate of drug-likeness (QED) is 0.179. The van der Waals surface area contributed by atoms with E-state index in [9.17, 15) is 44.4 Å². The van der Waals surface area contributed by atoms with Gasteiger partial charge in [-0.05, 0) is 32.6 Å². The Kier molecular flexibility index (Phi) is 11.4. The third-order valence-corrected chi connectivity index (χ3v) is 5.99. The van der Waals surface area contributed by atoms with Crippen molar-refractivity contribution < 1.29 is 39.5 Å². The summed E-state index contributed by atoms with van der Waals surface area (Å²) in [4.78, 5) is 62.8. The average Bonchev–Trinajstić information content (AvgIpc) is 2.80. The van der Waals surface area contributed by atoms with Crippen molar-refractivity contribution in [2.45, 2.75) is 104 Å². The fourth-order valence-electron chi connectivity index (χ4n) is 3.40. The van der Waals surface area contributed by atoms with Crippen molar-refractivity contribution >= 4 is 11.9 Å². The Morgan fingerprint density at radius 3 is 1.76 bits per heavy atom. The fourth-order valence-corrected chi connectivity index (χ4v) is 3.40. The summed E-state index contributed by atoms with van der Waals surface area (Å²) < 4.78 is 10.7. The van der Waals surface area contributed by atoms with E-state index in [0.717, 1.165) is 12.8 Å². The summed E-state index contributed by atoms with van der Waals surface area (Å²) in [6.07, 6.45) is -5.42. The number of rotatable bonds is 13.